The first-order chi connectivity index (χ1) is 18.3. The van der Waals surface area contributed by atoms with Gasteiger partial charge in [-0.25, -0.2) is 4.98 Å². The Bertz CT molecular complexity index is 1090. The molecule has 12 heteroatoms. The summed E-state index contributed by atoms with van der Waals surface area (Å²) in [6.45, 7) is 1.98. The molecular weight excluding hydrogens is 535 g/mol. The van der Waals surface area contributed by atoms with Crippen LogP contribution in [0.4, 0.5) is 24.7 Å². The number of benzene rings is 1. The molecule has 3 N–H and O–H groups in total. The number of aryl methyl sites for hydroxylation is 1. The summed E-state index contributed by atoms with van der Waals surface area (Å²) in [4.78, 5) is 40.1. The molecule has 2 aromatic rings. The summed E-state index contributed by atoms with van der Waals surface area (Å²) in [6.07, 6.45) is 1.61. The number of nitrogens with two attached hydrogens (primary N) is 1. The quantitative estimate of drug-likeness (QED) is 0.399. The molecular formula is C27H35ClF3N5O3. The number of likely N-dealkylation sites (N-methyl/N-ethyl adjacent to an activating group) is 2. The van der Waals surface area contributed by atoms with Crippen LogP contribution in [-0.4, -0.2) is 60.5 Å². The van der Waals surface area contributed by atoms with Crippen molar-refractivity contribution in [1.82, 2.24) is 15.2 Å². The lowest BCUT2D eigenvalue weighted by molar-refractivity contribution is -0.171. The highest BCUT2D eigenvalue weighted by molar-refractivity contribution is 6.31. The number of anilines is 2. The number of nitrogens with zero attached hydrogens (tertiary/aromatic N) is 3. The molecule has 1 saturated heterocycles. The number of nitrogen functional groups attached to an aromatic ring is 1. The van der Waals surface area contributed by atoms with E-state index in [1.807, 2.05) is 30.4 Å². The van der Waals surface area contributed by atoms with Crippen LogP contribution in [0.15, 0.2) is 42.6 Å². The first kappa shape index (κ1) is 31.9. The van der Waals surface area contributed by atoms with Gasteiger partial charge in [0, 0.05) is 31.0 Å². The Morgan fingerprint density at radius 2 is 1.90 bits per heavy atom. The van der Waals surface area contributed by atoms with Gasteiger partial charge in [-0.05, 0) is 61.6 Å². The van der Waals surface area contributed by atoms with Crippen LogP contribution in [0.3, 0.4) is 0 Å². The average molecular weight is 570 g/mol. The standard InChI is InChI=1S/C12H13ClN2O2.C9H14F3NO.C6H8N2/c1-14(9-5-3-4-8(13)6-9)12(17)10-7-11(16)15(10)2;10-9(11,12)8(13-6-14)7-4-2-1-3-5-7;1-5-2-3-8-6(7)4-5/h3-6,10H,7H2,1-2H3;6-8H,1-5H2,(H,13,14);2-4H,1H3,(H2,7,8). The first-order valence-corrected chi connectivity index (χ1v) is 13.0. The number of hydrogen-bond acceptors (Lipinski definition) is 5. The molecule has 2 fully saturated rings. The van der Waals surface area contributed by atoms with Crippen molar-refractivity contribution in [3.8, 4) is 0 Å². The van der Waals surface area contributed by atoms with Crippen molar-refractivity contribution < 1.29 is 27.6 Å². The van der Waals surface area contributed by atoms with E-state index in [4.69, 9.17) is 17.3 Å². The maximum Gasteiger partial charge on any atom is 0.408 e. The third kappa shape index (κ3) is 9.72. The molecule has 4 rings (SSSR count). The zero-order valence-corrected chi connectivity index (χ0v) is 23.0. The summed E-state index contributed by atoms with van der Waals surface area (Å²) in [7, 11) is 3.32. The largest absolute Gasteiger partial charge is 0.408 e. The average Bonchev–Trinajstić information content (AvgIpc) is 2.89. The van der Waals surface area contributed by atoms with E-state index in [1.54, 1.807) is 38.5 Å². The second-order valence-corrected chi connectivity index (χ2v) is 10.00. The van der Waals surface area contributed by atoms with Gasteiger partial charge in [-0.3, -0.25) is 14.4 Å². The summed E-state index contributed by atoms with van der Waals surface area (Å²) in [5.74, 6) is 0.0659. The Hall–Kier alpha value is -3.34. The Morgan fingerprint density at radius 3 is 2.36 bits per heavy atom. The SMILES string of the molecule is CN(C(=O)C1CC(=O)N1C)c1cccc(Cl)c1.Cc1ccnc(N)c1.O=CNC(C1CCCCC1)C(F)(F)F. The third-order valence-corrected chi connectivity index (χ3v) is 6.93. The van der Waals surface area contributed by atoms with Gasteiger partial charge in [0.2, 0.25) is 18.2 Å². The number of pyridine rings is 1. The zero-order chi connectivity index (χ0) is 29.2. The summed E-state index contributed by atoms with van der Waals surface area (Å²) < 4.78 is 37.4. The van der Waals surface area contributed by atoms with E-state index in [0.29, 0.717) is 30.1 Å². The van der Waals surface area contributed by atoms with Crippen molar-refractivity contribution in [3.05, 3.63) is 53.2 Å². The molecule has 2 unspecified atom stereocenters. The van der Waals surface area contributed by atoms with Crippen LogP contribution in [0.1, 0.15) is 44.1 Å². The summed E-state index contributed by atoms with van der Waals surface area (Å²) in [6, 6.07) is 8.83. The number of alkyl halides is 3. The summed E-state index contributed by atoms with van der Waals surface area (Å²) in [5.41, 5.74) is 7.23. The molecule has 214 valence electrons. The van der Waals surface area contributed by atoms with Crippen molar-refractivity contribution in [1.29, 1.82) is 0 Å². The van der Waals surface area contributed by atoms with Crippen molar-refractivity contribution in [2.75, 3.05) is 24.7 Å². The number of carbonyl (C=O) groups is 3. The molecule has 39 heavy (non-hydrogen) atoms. The first-order valence-electron chi connectivity index (χ1n) is 12.6. The van der Waals surface area contributed by atoms with Gasteiger partial charge in [-0.15, -0.1) is 0 Å². The van der Waals surface area contributed by atoms with Crippen LogP contribution in [0.5, 0.6) is 0 Å². The fourth-order valence-corrected chi connectivity index (χ4v) is 4.58. The molecule has 1 aromatic heterocycles. The van der Waals surface area contributed by atoms with Gasteiger partial charge in [-0.2, -0.15) is 13.2 Å². The normalized spacial score (nSPS) is 17.9. The van der Waals surface area contributed by atoms with Gasteiger partial charge in [0.25, 0.3) is 0 Å². The topological polar surface area (TPSA) is 109 Å². The Labute approximate surface area is 231 Å². The second kappa shape index (κ2) is 14.7. The van der Waals surface area contributed by atoms with E-state index in [-0.39, 0.29) is 24.3 Å². The molecule has 1 aliphatic carbocycles. The number of nitrogens with one attached hydrogen (secondary N) is 1. The number of halogens is 4. The number of aromatic nitrogens is 1. The van der Waals surface area contributed by atoms with Crippen LogP contribution in [0, 0.1) is 12.8 Å². The van der Waals surface area contributed by atoms with Crippen LogP contribution in [0.2, 0.25) is 5.02 Å². The molecule has 2 aliphatic rings. The predicted octanol–water partition coefficient (Wildman–Crippen LogP) is 4.75. The van der Waals surface area contributed by atoms with Crippen molar-refractivity contribution in [3.63, 3.8) is 0 Å². The summed E-state index contributed by atoms with van der Waals surface area (Å²) in [5, 5.41) is 2.47. The lowest BCUT2D eigenvalue weighted by Gasteiger charge is -2.38. The Kier molecular flexibility index (Phi) is 12.0. The summed E-state index contributed by atoms with van der Waals surface area (Å²) >= 11 is 5.87. The molecule has 0 bridgehead atoms. The number of carbonyl (C=O) groups excluding carboxylic acids is 3. The molecule has 1 aliphatic heterocycles. The van der Waals surface area contributed by atoms with Gasteiger partial charge < -0.3 is 20.9 Å². The van der Waals surface area contributed by atoms with E-state index in [1.165, 1.54) is 9.80 Å². The Morgan fingerprint density at radius 1 is 1.23 bits per heavy atom. The minimum Gasteiger partial charge on any atom is -0.384 e. The van der Waals surface area contributed by atoms with Crippen LogP contribution in [0.25, 0.3) is 0 Å². The maximum absolute atomic E-state index is 12.5. The highest BCUT2D eigenvalue weighted by Crippen LogP contribution is 2.34. The van der Waals surface area contributed by atoms with E-state index in [2.05, 4.69) is 4.98 Å². The molecule has 0 spiro atoms. The minimum absolute atomic E-state index is 0.00263. The van der Waals surface area contributed by atoms with Crippen LogP contribution in [-0.2, 0) is 14.4 Å². The highest BCUT2D eigenvalue weighted by Gasteiger charge is 2.44. The lowest BCUT2D eigenvalue weighted by Crippen LogP contribution is -2.57. The van der Waals surface area contributed by atoms with Crippen LogP contribution >= 0.6 is 11.6 Å². The molecule has 2 heterocycles. The number of hydrogen-bond donors (Lipinski definition) is 2. The van der Waals surface area contributed by atoms with Gasteiger partial charge in [0.1, 0.15) is 17.9 Å². The number of amides is 3. The van der Waals surface area contributed by atoms with Gasteiger partial charge in [-0.1, -0.05) is 36.9 Å². The minimum atomic E-state index is -4.32. The Balaban J connectivity index is 0.000000218. The van der Waals surface area contributed by atoms with Crippen molar-refractivity contribution >= 4 is 41.3 Å². The van der Waals surface area contributed by atoms with E-state index < -0.39 is 18.1 Å². The smallest absolute Gasteiger partial charge is 0.384 e. The van der Waals surface area contributed by atoms with E-state index in [0.717, 1.165) is 30.5 Å². The monoisotopic (exact) mass is 569 g/mol. The third-order valence-electron chi connectivity index (χ3n) is 6.70. The molecule has 0 radical (unpaired) electrons. The van der Waals surface area contributed by atoms with Gasteiger partial charge in [0.15, 0.2) is 0 Å². The molecule has 3 amide bonds. The lowest BCUT2D eigenvalue weighted by atomic mass is 9.83. The number of rotatable bonds is 5. The zero-order valence-electron chi connectivity index (χ0n) is 22.2. The van der Waals surface area contributed by atoms with Crippen LogP contribution < -0.4 is 16.0 Å². The number of β-lactam (4-membered cyclic amide) rings is 1. The second-order valence-electron chi connectivity index (χ2n) is 9.56. The molecule has 1 aromatic carbocycles. The highest BCUT2D eigenvalue weighted by atomic mass is 35.5. The van der Waals surface area contributed by atoms with E-state index >= 15 is 0 Å². The fraction of sp³-hybridized carbons (Fsp3) is 0.481. The molecule has 8 nitrogen and oxygen atoms in total. The predicted molar refractivity (Wildman–Crippen MR) is 145 cm³/mol. The molecule has 2 atom stereocenters. The van der Waals surface area contributed by atoms with Crippen molar-refractivity contribution in [2.24, 2.45) is 5.92 Å². The number of likely N-dealkylation sites (tertiary alicyclic amines) is 1. The van der Waals surface area contributed by atoms with Gasteiger partial charge >= 0.3 is 6.18 Å². The fourth-order valence-electron chi connectivity index (χ4n) is 4.39. The van der Waals surface area contributed by atoms with Gasteiger partial charge in [0.05, 0.1) is 6.42 Å². The van der Waals surface area contributed by atoms with E-state index in [9.17, 15) is 27.6 Å². The maximum atomic E-state index is 12.5. The molecule has 1 saturated carbocycles. The van der Waals surface area contributed by atoms with Crippen molar-refractivity contribution in [2.45, 2.75) is 63.7 Å².